The first-order valence-corrected chi connectivity index (χ1v) is 10.7. The first-order valence-electron chi connectivity index (χ1n) is 10.7. The summed E-state index contributed by atoms with van der Waals surface area (Å²) in [6.45, 7) is 9.03. The normalized spacial score (nSPS) is 12.7. The maximum absolute atomic E-state index is 2.54. The van der Waals surface area contributed by atoms with Gasteiger partial charge in [0.15, 0.2) is 0 Å². The van der Waals surface area contributed by atoms with Crippen LogP contribution in [0, 0.1) is 27.7 Å². The molecule has 3 aromatic heterocycles. The third-order valence-electron chi connectivity index (χ3n) is 7.05. The molecule has 0 N–H and O–H groups in total. The topological polar surface area (TPSA) is 8.82 Å². The van der Waals surface area contributed by atoms with Crippen LogP contribution in [-0.2, 0) is 0 Å². The molecule has 0 unspecified atom stereocenters. The van der Waals surface area contributed by atoms with Gasteiger partial charge < -0.3 is 8.80 Å². The second-order valence-corrected chi connectivity index (χ2v) is 8.87. The molecule has 0 aliphatic rings. The van der Waals surface area contributed by atoms with Gasteiger partial charge in [0.1, 0.15) is 0 Å². The van der Waals surface area contributed by atoms with Gasteiger partial charge in [0, 0.05) is 21.5 Å². The average Bonchev–Trinajstić information content (AvgIpc) is 3.25. The number of nitrogens with zero attached hydrogens (tertiary/aromatic N) is 2. The van der Waals surface area contributed by atoms with Gasteiger partial charge in [-0.15, -0.1) is 0 Å². The van der Waals surface area contributed by atoms with Crippen LogP contribution in [0.15, 0.2) is 60.7 Å². The zero-order valence-electron chi connectivity index (χ0n) is 17.7. The second-order valence-electron chi connectivity index (χ2n) is 8.87. The molecule has 144 valence electrons. The number of aryl methyl sites for hydroxylation is 4. The van der Waals surface area contributed by atoms with Crippen molar-refractivity contribution >= 4 is 54.6 Å². The van der Waals surface area contributed by atoms with Crippen molar-refractivity contribution < 1.29 is 0 Å². The third kappa shape index (κ3) is 1.65. The summed E-state index contributed by atoms with van der Waals surface area (Å²) in [6.07, 6.45) is 0. The van der Waals surface area contributed by atoms with Gasteiger partial charge in [0.05, 0.1) is 33.1 Å². The van der Waals surface area contributed by atoms with Gasteiger partial charge in [-0.3, -0.25) is 0 Å². The molecule has 3 heterocycles. The first-order chi connectivity index (χ1) is 14.6. The minimum absolute atomic E-state index is 1.30. The van der Waals surface area contributed by atoms with Crippen molar-refractivity contribution in [3.63, 3.8) is 0 Å². The molecule has 0 radical (unpaired) electrons. The van der Waals surface area contributed by atoms with Crippen LogP contribution in [0.4, 0.5) is 0 Å². The average molecular weight is 386 g/mol. The lowest BCUT2D eigenvalue weighted by Gasteiger charge is -2.16. The van der Waals surface area contributed by atoms with Gasteiger partial charge in [-0.25, -0.2) is 0 Å². The smallest absolute Gasteiger partial charge is 0.0788 e. The highest BCUT2D eigenvalue weighted by Gasteiger charge is 2.24. The van der Waals surface area contributed by atoms with Crippen LogP contribution in [-0.4, -0.2) is 8.80 Å². The number of benzene rings is 4. The second kappa shape index (κ2) is 5.14. The molecule has 0 amide bonds. The fourth-order valence-electron chi connectivity index (χ4n) is 6.06. The summed E-state index contributed by atoms with van der Waals surface area (Å²) in [4.78, 5) is 0. The van der Waals surface area contributed by atoms with Crippen molar-refractivity contribution in [2.75, 3.05) is 0 Å². The molecule has 0 aliphatic heterocycles. The van der Waals surface area contributed by atoms with E-state index in [1.807, 2.05) is 0 Å². The molecule has 0 spiro atoms. The fourth-order valence-corrected chi connectivity index (χ4v) is 6.06. The highest BCUT2D eigenvalue weighted by atomic mass is 15.0. The van der Waals surface area contributed by atoms with Crippen LogP contribution in [0.1, 0.15) is 22.3 Å². The van der Waals surface area contributed by atoms with E-state index in [1.54, 1.807) is 0 Å². The van der Waals surface area contributed by atoms with Crippen molar-refractivity contribution in [1.29, 1.82) is 0 Å². The summed E-state index contributed by atoms with van der Waals surface area (Å²) < 4.78 is 5.08. The molecule has 0 bridgehead atoms. The summed E-state index contributed by atoms with van der Waals surface area (Å²) in [5, 5.41) is 5.44. The SMILES string of the molecule is Cc1cc(C)c2c3c1c1ccccc1n3c1c(C)cc(C)c3c4ccccc4n2c31. The Balaban J connectivity index is 2.05. The van der Waals surface area contributed by atoms with E-state index in [0.29, 0.717) is 0 Å². The molecular weight excluding hydrogens is 364 g/mol. The van der Waals surface area contributed by atoms with Gasteiger partial charge in [-0.05, 0) is 62.1 Å². The molecule has 0 aliphatic carbocycles. The highest BCUT2D eigenvalue weighted by molar-refractivity contribution is 6.23. The third-order valence-corrected chi connectivity index (χ3v) is 7.05. The van der Waals surface area contributed by atoms with E-state index in [0.717, 1.165) is 0 Å². The highest BCUT2D eigenvalue weighted by Crippen LogP contribution is 2.44. The van der Waals surface area contributed by atoms with Gasteiger partial charge >= 0.3 is 0 Å². The number of hydrogen-bond acceptors (Lipinski definition) is 0. The van der Waals surface area contributed by atoms with Gasteiger partial charge in [-0.2, -0.15) is 0 Å². The summed E-state index contributed by atoms with van der Waals surface area (Å²) in [5.74, 6) is 0. The monoisotopic (exact) mass is 386 g/mol. The molecule has 0 saturated heterocycles. The predicted molar refractivity (Wildman–Crippen MR) is 129 cm³/mol. The summed E-state index contributed by atoms with van der Waals surface area (Å²) in [5.41, 5.74) is 13.3. The van der Waals surface area contributed by atoms with E-state index in [4.69, 9.17) is 0 Å². The number of rotatable bonds is 0. The first kappa shape index (κ1) is 16.3. The Labute approximate surface area is 174 Å². The number of fused-ring (bicyclic) bond motifs is 8. The largest absolute Gasteiger partial charge is 0.305 e. The standard InChI is InChI=1S/C28H22N2/c1-15-13-17(3)25-27-23(15)19-9-5-7-11-21(19)29(27)26-18(4)14-16(2)24-20-10-6-8-12-22(20)30(25)28(24)26/h5-14H,1-4H3. The van der Waals surface area contributed by atoms with Crippen molar-refractivity contribution in [2.45, 2.75) is 27.7 Å². The van der Waals surface area contributed by atoms with E-state index in [9.17, 15) is 0 Å². The van der Waals surface area contributed by atoms with Crippen molar-refractivity contribution in [3.8, 4) is 0 Å². The summed E-state index contributed by atoms with van der Waals surface area (Å²) in [7, 11) is 0. The molecule has 2 nitrogen and oxygen atoms in total. The molecule has 0 atom stereocenters. The van der Waals surface area contributed by atoms with E-state index in [1.165, 1.54) is 76.9 Å². The molecule has 2 heteroatoms. The van der Waals surface area contributed by atoms with Crippen LogP contribution in [0.2, 0.25) is 0 Å². The van der Waals surface area contributed by atoms with Crippen LogP contribution in [0.3, 0.4) is 0 Å². The molecule has 0 fully saturated rings. The summed E-state index contributed by atoms with van der Waals surface area (Å²) in [6, 6.07) is 22.5. The fraction of sp³-hybridized carbons (Fsp3) is 0.143. The Bertz CT molecular complexity index is 1690. The van der Waals surface area contributed by atoms with E-state index in [-0.39, 0.29) is 0 Å². The lowest BCUT2D eigenvalue weighted by molar-refractivity contribution is 1.22. The van der Waals surface area contributed by atoms with Crippen molar-refractivity contribution in [2.24, 2.45) is 0 Å². The van der Waals surface area contributed by atoms with Crippen molar-refractivity contribution in [1.82, 2.24) is 8.80 Å². The lowest BCUT2D eigenvalue weighted by Crippen LogP contribution is -2.01. The van der Waals surface area contributed by atoms with Crippen molar-refractivity contribution in [3.05, 3.63) is 82.9 Å². The van der Waals surface area contributed by atoms with Gasteiger partial charge in [-0.1, -0.05) is 48.5 Å². The Kier molecular flexibility index (Phi) is 2.79. The Hall–Kier alpha value is -3.52. The molecular formula is C28H22N2. The number of para-hydroxylation sites is 2. The molecule has 4 aromatic carbocycles. The Morgan fingerprint density at radius 1 is 0.467 bits per heavy atom. The van der Waals surface area contributed by atoms with Crippen LogP contribution in [0.25, 0.3) is 54.6 Å². The summed E-state index contributed by atoms with van der Waals surface area (Å²) >= 11 is 0. The van der Waals surface area contributed by atoms with Crippen LogP contribution < -0.4 is 0 Å². The predicted octanol–water partition coefficient (Wildman–Crippen LogP) is 7.48. The minimum atomic E-state index is 1.30. The van der Waals surface area contributed by atoms with Gasteiger partial charge in [0.2, 0.25) is 0 Å². The molecule has 7 rings (SSSR count). The minimum Gasteiger partial charge on any atom is -0.305 e. The van der Waals surface area contributed by atoms with E-state index >= 15 is 0 Å². The Morgan fingerprint density at radius 2 is 0.867 bits per heavy atom. The number of aromatic nitrogens is 2. The maximum Gasteiger partial charge on any atom is 0.0788 e. The molecule has 7 aromatic rings. The van der Waals surface area contributed by atoms with Gasteiger partial charge in [0.25, 0.3) is 0 Å². The number of hydrogen-bond donors (Lipinski definition) is 0. The van der Waals surface area contributed by atoms with E-state index in [2.05, 4.69) is 97.2 Å². The van der Waals surface area contributed by atoms with Crippen LogP contribution >= 0.6 is 0 Å². The van der Waals surface area contributed by atoms with Crippen LogP contribution in [0.5, 0.6) is 0 Å². The Morgan fingerprint density at radius 3 is 1.30 bits per heavy atom. The quantitative estimate of drug-likeness (QED) is 0.239. The van der Waals surface area contributed by atoms with E-state index < -0.39 is 0 Å². The maximum atomic E-state index is 2.54. The molecule has 30 heavy (non-hydrogen) atoms. The zero-order valence-corrected chi connectivity index (χ0v) is 17.7. The lowest BCUT2D eigenvalue weighted by atomic mass is 10.0. The zero-order chi connectivity index (χ0) is 20.3. The molecule has 0 saturated carbocycles.